The monoisotopic (exact) mass is 216 g/mol. The molecule has 0 spiro atoms. The summed E-state index contributed by atoms with van der Waals surface area (Å²) in [5.41, 5.74) is 1.45. The van der Waals surface area contributed by atoms with E-state index >= 15 is 0 Å². The Morgan fingerprint density at radius 1 is 1.00 bits per heavy atom. The maximum absolute atomic E-state index is 12.0. The van der Waals surface area contributed by atoms with Gasteiger partial charge in [-0.15, -0.1) is 0 Å². The standard InChI is InChI=1S/C12H15F3/c1-2-3-4-10-5-7-11(8-6-10)9-12(13,14)15/h5-8H,2-4,9H2,1H3. The van der Waals surface area contributed by atoms with Crippen molar-refractivity contribution in [3.8, 4) is 0 Å². The highest BCUT2D eigenvalue weighted by Gasteiger charge is 2.27. The number of rotatable bonds is 4. The highest BCUT2D eigenvalue weighted by Crippen LogP contribution is 2.21. The van der Waals surface area contributed by atoms with Gasteiger partial charge in [-0.2, -0.15) is 13.2 Å². The van der Waals surface area contributed by atoms with Crippen LogP contribution in [0.4, 0.5) is 13.2 Å². The molecule has 84 valence electrons. The second kappa shape index (κ2) is 5.19. The van der Waals surface area contributed by atoms with Crippen LogP contribution in [-0.2, 0) is 12.8 Å². The first-order chi connectivity index (χ1) is 7.01. The first-order valence-electron chi connectivity index (χ1n) is 5.16. The fraction of sp³-hybridized carbons (Fsp3) is 0.500. The molecule has 0 atom stereocenters. The zero-order valence-corrected chi connectivity index (χ0v) is 8.77. The average molecular weight is 216 g/mol. The number of hydrogen-bond donors (Lipinski definition) is 0. The molecule has 0 bridgehead atoms. The summed E-state index contributed by atoms with van der Waals surface area (Å²) in [4.78, 5) is 0. The van der Waals surface area contributed by atoms with Crippen molar-refractivity contribution in [3.63, 3.8) is 0 Å². The molecule has 1 aromatic rings. The Morgan fingerprint density at radius 2 is 1.53 bits per heavy atom. The number of halogens is 3. The molecule has 0 heterocycles. The average Bonchev–Trinajstić information content (AvgIpc) is 2.14. The maximum Gasteiger partial charge on any atom is 0.393 e. The lowest BCUT2D eigenvalue weighted by Crippen LogP contribution is -2.11. The van der Waals surface area contributed by atoms with Gasteiger partial charge in [0.15, 0.2) is 0 Å². The Hall–Kier alpha value is -0.990. The minimum atomic E-state index is -4.11. The molecule has 0 amide bonds. The lowest BCUT2D eigenvalue weighted by atomic mass is 10.0. The molecule has 0 radical (unpaired) electrons. The Morgan fingerprint density at radius 3 is 2.00 bits per heavy atom. The van der Waals surface area contributed by atoms with Gasteiger partial charge in [0, 0.05) is 0 Å². The summed E-state index contributed by atoms with van der Waals surface area (Å²) in [7, 11) is 0. The van der Waals surface area contributed by atoms with Gasteiger partial charge >= 0.3 is 6.18 Å². The van der Waals surface area contributed by atoms with Gasteiger partial charge < -0.3 is 0 Å². The van der Waals surface area contributed by atoms with E-state index in [1.54, 1.807) is 24.3 Å². The van der Waals surface area contributed by atoms with E-state index in [-0.39, 0.29) is 0 Å². The van der Waals surface area contributed by atoms with E-state index < -0.39 is 12.6 Å². The van der Waals surface area contributed by atoms with E-state index in [1.807, 2.05) is 0 Å². The largest absolute Gasteiger partial charge is 0.393 e. The van der Waals surface area contributed by atoms with Crippen LogP contribution in [-0.4, -0.2) is 6.18 Å². The van der Waals surface area contributed by atoms with E-state index in [9.17, 15) is 13.2 Å². The minimum Gasteiger partial charge on any atom is -0.171 e. The number of alkyl halides is 3. The minimum absolute atomic E-state index is 0.336. The van der Waals surface area contributed by atoms with Crippen molar-refractivity contribution < 1.29 is 13.2 Å². The molecule has 1 rings (SSSR count). The Kier molecular flexibility index (Phi) is 4.18. The quantitative estimate of drug-likeness (QED) is 0.709. The molecule has 0 saturated heterocycles. The van der Waals surface area contributed by atoms with Crippen LogP contribution in [0.2, 0.25) is 0 Å². The third-order valence-electron chi connectivity index (χ3n) is 2.25. The molecule has 0 nitrogen and oxygen atoms in total. The van der Waals surface area contributed by atoms with E-state index in [0.29, 0.717) is 5.56 Å². The molecule has 0 aliphatic rings. The second-order valence-electron chi connectivity index (χ2n) is 3.71. The molecule has 3 heteroatoms. The van der Waals surface area contributed by atoms with Crippen LogP contribution in [0, 0.1) is 0 Å². The van der Waals surface area contributed by atoms with Gasteiger partial charge in [-0.05, 0) is 24.0 Å². The van der Waals surface area contributed by atoms with Gasteiger partial charge in [0.2, 0.25) is 0 Å². The summed E-state index contributed by atoms with van der Waals surface area (Å²) in [6, 6.07) is 6.71. The first-order valence-corrected chi connectivity index (χ1v) is 5.16. The topological polar surface area (TPSA) is 0 Å². The van der Waals surface area contributed by atoms with Crippen LogP contribution >= 0.6 is 0 Å². The zero-order valence-electron chi connectivity index (χ0n) is 8.77. The van der Waals surface area contributed by atoms with Crippen LogP contribution in [0.5, 0.6) is 0 Å². The van der Waals surface area contributed by atoms with Gasteiger partial charge in [0.25, 0.3) is 0 Å². The summed E-state index contributed by atoms with van der Waals surface area (Å²) in [5, 5.41) is 0. The van der Waals surface area contributed by atoms with Crippen LogP contribution < -0.4 is 0 Å². The Bertz CT molecular complexity index is 285. The second-order valence-corrected chi connectivity index (χ2v) is 3.71. The molecule has 0 aliphatic carbocycles. The fourth-order valence-corrected chi connectivity index (χ4v) is 1.44. The fourth-order valence-electron chi connectivity index (χ4n) is 1.44. The van der Waals surface area contributed by atoms with Crippen LogP contribution in [0.15, 0.2) is 24.3 Å². The summed E-state index contributed by atoms with van der Waals surface area (Å²) in [5.74, 6) is 0. The van der Waals surface area contributed by atoms with Gasteiger partial charge in [0.1, 0.15) is 0 Å². The summed E-state index contributed by atoms with van der Waals surface area (Å²) >= 11 is 0. The summed E-state index contributed by atoms with van der Waals surface area (Å²) < 4.78 is 36.1. The van der Waals surface area contributed by atoms with Gasteiger partial charge in [0.05, 0.1) is 6.42 Å². The molecular formula is C12H15F3. The van der Waals surface area contributed by atoms with Gasteiger partial charge in [-0.3, -0.25) is 0 Å². The Balaban J connectivity index is 2.56. The molecule has 0 aromatic heterocycles. The van der Waals surface area contributed by atoms with Crippen molar-refractivity contribution in [2.45, 2.75) is 38.8 Å². The van der Waals surface area contributed by atoms with Crippen molar-refractivity contribution in [1.29, 1.82) is 0 Å². The molecular weight excluding hydrogens is 201 g/mol. The van der Waals surface area contributed by atoms with E-state index in [4.69, 9.17) is 0 Å². The van der Waals surface area contributed by atoms with Gasteiger partial charge in [-0.25, -0.2) is 0 Å². The summed E-state index contributed by atoms with van der Waals surface area (Å²) in [6.45, 7) is 2.10. The molecule has 0 saturated carbocycles. The Labute approximate surface area is 88.1 Å². The smallest absolute Gasteiger partial charge is 0.171 e. The van der Waals surface area contributed by atoms with Crippen molar-refractivity contribution >= 4 is 0 Å². The number of unbranched alkanes of at least 4 members (excludes halogenated alkanes) is 1. The number of benzene rings is 1. The molecule has 1 aromatic carbocycles. The number of aryl methyl sites for hydroxylation is 1. The normalized spacial score (nSPS) is 11.7. The predicted molar refractivity (Wildman–Crippen MR) is 54.8 cm³/mol. The van der Waals surface area contributed by atoms with Gasteiger partial charge in [-0.1, -0.05) is 37.6 Å². The van der Waals surface area contributed by atoms with Crippen LogP contribution in [0.1, 0.15) is 30.9 Å². The molecule has 0 unspecified atom stereocenters. The maximum atomic E-state index is 12.0. The van der Waals surface area contributed by atoms with Crippen LogP contribution in [0.25, 0.3) is 0 Å². The number of hydrogen-bond acceptors (Lipinski definition) is 0. The van der Waals surface area contributed by atoms with E-state index in [1.165, 1.54) is 0 Å². The van der Waals surface area contributed by atoms with Crippen molar-refractivity contribution in [2.75, 3.05) is 0 Å². The predicted octanol–water partition coefficient (Wildman–Crippen LogP) is 4.13. The third-order valence-corrected chi connectivity index (χ3v) is 2.25. The van der Waals surface area contributed by atoms with Crippen LogP contribution in [0.3, 0.4) is 0 Å². The molecule has 0 fully saturated rings. The molecule has 0 N–H and O–H groups in total. The van der Waals surface area contributed by atoms with E-state index in [2.05, 4.69) is 6.92 Å². The highest BCUT2D eigenvalue weighted by molar-refractivity contribution is 5.23. The van der Waals surface area contributed by atoms with Crippen molar-refractivity contribution in [3.05, 3.63) is 35.4 Å². The van der Waals surface area contributed by atoms with Crippen molar-refractivity contribution in [2.24, 2.45) is 0 Å². The summed E-state index contributed by atoms with van der Waals surface area (Å²) in [6.07, 6.45) is -1.81. The SMILES string of the molecule is CCCCc1ccc(CC(F)(F)F)cc1. The molecule has 15 heavy (non-hydrogen) atoms. The van der Waals surface area contributed by atoms with E-state index in [0.717, 1.165) is 24.8 Å². The lowest BCUT2D eigenvalue weighted by Gasteiger charge is -2.07. The highest BCUT2D eigenvalue weighted by atomic mass is 19.4. The third kappa shape index (κ3) is 4.86. The lowest BCUT2D eigenvalue weighted by molar-refractivity contribution is -0.127. The van der Waals surface area contributed by atoms with Crippen molar-refractivity contribution in [1.82, 2.24) is 0 Å². The first kappa shape index (κ1) is 12.1. The zero-order chi connectivity index (χ0) is 11.3. The molecule has 0 aliphatic heterocycles.